The van der Waals surface area contributed by atoms with Crippen LogP contribution in [0.5, 0.6) is 0 Å². The highest BCUT2D eigenvalue weighted by atomic mass is 35.5. The molecule has 3 N–H and O–H groups in total. The van der Waals surface area contributed by atoms with E-state index >= 15 is 0 Å². The van der Waals surface area contributed by atoms with Crippen molar-refractivity contribution in [2.24, 2.45) is 11.1 Å². The maximum absolute atomic E-state index is 13.1. The average Bonchev–Trinajstić information content (AvgIpc) is 2.49. The summed E-state index contributed by atoms with van der Waals surface area (Å²) in [7, 11) is 0. The van der Waals surface area contributed by atoms with E-state index in [1.807, 2.05) is 20.8 Å². The summed E-state index contributed by atoms with van der Waals surface area (Å²) in [5.74, 6) is -0.433. The van der Waals surface area contributed by atoms with Gasteiger partial charge in [-0.2, -0.15) is 0 Å². The lowest BCUT2D eigenvalue weighted by Gasteiger charge is -2.35. The van der Waals surface area contributed by atoms with Gasteiger partial charge in [0, 0.05) is 24.2 Å². The first-order chi connectivity index (χ1) is 11.2. The van der Waals surface area contributed by atoms with Crippen molar-refractivity contribution in [1.82, 2.24) is 10.2 Å². The van der Waals surface area contributed by atoms with E-state index in [0.717, 1.165) is 31.5 Å². The fourth-order valence-electron chi connectivity index (χ4n) is 2.89. The van der Waals surface area contributed by atoms with Crippen LogP contribution < -0.4 is 11.1 Å². The minimum Gasteiger partial charge on any atom is -0.351 e. The fraction of sp³-hybridized carbons (Fsp3) is 0.611. The van der Waals surface area contributed by atoms with Crippen molar-refractivity contribution < 1.29 is 9.18 Å². The highest BCUT2D eigenvalue weighted by Gasteiger charge is 2.30. The van der Waals surface area contributed by atoms with Gasteiger partial charge in [0.2, 0.25) is 5.91 Å². The molecule has 0 radical (unpaired) electrons. The number of nitrogens with zero attached hydrogens (tertiary/aromatic N) is 1. The quantitative estimate of drug-likeness (QED) is 0.873. The molecule has 1 aliphatic heterocycles. The summed E-state index contributed by atoms with van der Waals surface area (Å²) in [4.78, 5) is 14.5. The number of piperidine rings is 1. The Morgan fingerprint density at radius 2 is 2.21 bits per heavy atom. The van der Waals surface area contributed by atoms with Crippen LogP contribution in [0, 0.1) is 11.2 Å². The van der Waals surface area contributed by atoms with E-state index in [0.29, 0.717) is 11.6 Å². The number of halogens is 2. The number of likely N-dealkylation sites (tertiary alicyclic amines) is 1. The second-order valence-electron chi connectivity index (χ2n) is 7.66. The molecule has 1 heterocycles. The first-order valence-electron chi connectivity index (χ1n) is 8.39. The van der Waals surface area contributed by atoms with Gasteiger partial charge in [-0.3, -0.25) is 9.69 Å². The number of hydrogen-bond donors (Lipinski definition) is 2. The summed E-state index contributed by atoms with van der Waals surface area (Å²) in [6, 6.07) is 4.03. The number of nitrogens with two attached hydrogens (primary N) is 1. The number of nitrogens with one attached hydrogen (secondary N) is 1. The zero-order valence-corrected chi connectivity index (χ0v) is 15.4. The molecule has 1 aromatic rings. The van der Waals surface area contributed by atoms with Crippen molar-refractivity contribution in [1.29, 1.82) is 0 Å². The topological polar surface area (TPSA) is 58.4 Å². The van der Waals surface area contributed by atoms with Gasteiger partial charge in [0.05, 0.1) is 6.04 Å². The molecule has 0 aromatic heterocycles. The molecule has 1 amide bonds. The van der Waals surface area contributed by atoms with Gasteiger partial charge in [-0.1, -0.05) is 38.4 Å². The van der Waals surface area contributed by atoms with E-state index in [1.165, 1.54) is 12.1 Å². The van der Waals surface area contributed by atoms with E-state index < -0.39 is 6.04 Å². The standard InChI is InChI=1S/C18H27ClFN3O/c1-18(2,3)16(21)17(24)22-14-5-4-8-23(11-14)10-12-6-7-13(20)9-15(12)19/h6-7,9,14,16H,4-5,8,10-11,21H2,1-3H3,(H,22,24)/t14?,16-/m1/s1. The van der Waals surface area contributed by atoms with Crippen LogP contribution in [0.2, 0.25) is 5.02 Å². The summed E-state index contributed by atoms with van der Waals surface area (Å²) in [5, 5.41) is 3.51. The zero-order valence-electron chi connectivity index (χ0n) is 14.6. The van der Waals surface area contributed by atoms with Crippen LogP contribution in [0.25, 0.3) is 0 Å². The number of hydrogen-bond acceptors (Lipinski definition) is 3. The zero-order chi connectivity index (χ0) is 17.9. The van der Waals surface area contributed by atoms with Crippen molar-refractivity contribution in [3.05, 3.63) is 34.6 Å². The lowest BCUT2D eigenvalue weighted by Crippen LogP contribution is -2.54. The van der Waals surface area contributed by atoms with Crippen LogP contribution in [-0.2, 0) is 11.3 Å². The minimum absolute atomic E-state index is 0.0823. The van der Waals surface area contributed by atoms with E-state index in [1.54, 1.807) is 6.07 Å². The van der Waals surface area contributed by atoms with Crippen LogP contribution in [0.4, 0.5) is 4.39 Å². The Hall–Kier alpha value is -1.17. The van der Waals surface area contributed by atoms with Gasteiger partial charge < -0.3 is 11.1 Å². The monoisotopic (exact) mass is 355 g/mol. The van der Waals surface area contributed by atoms with Crippen LogP contribution >= 0.6 is 11.6 Å². The van der Waals surface area contributed by atoms with E-state index in [-0.39, 0.29) is 23.2 Å². The molecule has 0 saturated carbocycles. The molecule has 4 nitrogen and oxygen atoms in total. The Bertz CT molecular complexity index is 588. The van der Waals surface area contributed by atoms with Crippen LogP contribution in [0.15, 0.2) is 18.2 Å². The molecule has 1 fully saturated rings. The number of amides is 1. The Morgan fingerprint density at radius 1 is 1.50 bits per heavy atom. The highest BCUT2D eigenvalue weighted by Crippen LogP contribution is 2.22. The molecule has 1 aliphatic rings. The summed E-state index contributed by atoms with van der Waals surface area (Å²) in [5.41, 5.74) is 6.66. The van der Waals surface area contributed by atoms with Gasteiger partial charge in [0.15, 0.2) is 0 Å². The maximum Gasteiger partial charge on any atom is 0.237 e. The predicted octanol–water partition coefficient (Wildman–Crippen LogP) is 2.93. The van der Waals surface area contributed by atoms with Gasteiger partial charge >= 0.3 is 0 Å². The SMILES string of the molecule is CC(C)(C)[C@H](N)C(=O)NC1CCCN(Cc2ccc(F)cc2Cl)C1. The molecule has 0 aliphatic carbocycles. The smallest absolute Gasteiger partial charge is 0.237 e. The minimum atomic E-state index is -0.528. The molecular weight excluding hydrogens is 329 g/mol. The maximum atomic E-state index is 13.1. The lowest BCUT2D eigenvalue weighted by molar-refractivity contribution is -0.125. The molecule has 0 bridgehead atoms. The number of rotatable bonds is 4. The van der Waals surface area contributed by atoms with Crippen LogP contribution in [0.3, 0.4) is 0 Å². The second kappa shape index (κ2) is 7.81. The van der Waals surface area contributed by atoms with Gasteiger partial charge in [-0.05, 0) is 42.5 Å². The highest BCUT2D eigenvalue weighted by molar-refractivity contribution is 6.31. The third-order valence-electron chi connectivity index (χ3n) is 4.48. The number of carbonyl (C=O) groups excluding carboxylic acids is 1. The molecule has 2 rings (SSSR count). The van der Waals surface area contributed by atoms with E-state index in [2.05, 4.69) is 10.2 Å². The summed E-state index contributed by atoms with van der Waals surface area (Å²) >= 11 is 6.11. The summed E-state index contributed by atoms with van der Waals surface area (Å²) in [6.45, 7) is 8.21. The molecule has 1 unspecified atom stereocenters. The molecule has 6 heteroatoms. The Balaban J connectivity index is 1.93. The van der Waals surface area contributed by atoms with Crippen LogP contribution in [0.1, 0.15) is 39.2 Å². The molecule has 134 valence electrons. The molecule has 1 saturated heterocycles. The van der Waals surface area contributed by atoms with Gasteiger partial charge in [-0.15, -0.1) is 0 Å². The van der Waals surface area contributed by atoms with Gasteiger partial charge in [0.1, 0.15) is 5.82 Å². The fourth-order valence-corrected chi connectivity index (χ4v) is 3.12. The van der Waals surface area contributed by atoms with E-state index in [4.69, 9.17) is 17.3 Å². The van der Waals surface area contributed by atoms with Gasteiger partial charge in [0.25, 0.3) is 0 Å². The molecule has 2 atom stereocenters. The van der Waals surface area contributed by atoms with Crippen LogP contribution in [-0.4, -0.2) is 36.0 Å². The Labute approximate surface area is 148 Å². The Morgan fingerprint density at radius 3 is 2.83 bits per heavy atom. The summed E-state index contributed by atoms with van der Waals surface area (Å²) in [6.07, 6.45) is 1.94. The normalized spacial score (nSPS) is 20.7. The van der Waals surface area contributed by atoms with Gasteiger partial charge in [-0.25, -0.2) is 4.39 Å². The Kier molecular flexibility index (Phi) is 6.23. The van der Waals surface area contributed by atoms with Crippen molar-refractivity contribution >= 4 is 17.5 Å². The first-order valence-corrected chi connectivity index (χ1v) is 8.77. The molecule has 1 aromatic carbocycles. The van der Waals surface area contributed by atoms with Crippen molar-refractivity contribution in [3.8, 4) is 0 Å². The molecule has 24 heavy (non-hydrogen) atoms. The summed E-state index contributed by atoms with van der Waals surface area (Å²) < 4.78 is 13.1. The molecule has 0 spiro atoms. The lowest BCUT2D eigenvalue weighted by atomic mass is 9.86. The average molecular weight is 356 g/mol. The second-order valence-corrected chi connectivity index (χ2v) is 8.07. The largest absolute Gasteiger partial charge is 0.351 e. The van der Waals surface area contributed by atoms with Crippen molar-refractivity contribution in [3.63, 3.8) is 0 Å². The van der Waals surface area contributed by atoms with E-state index in [9.17, 15) is 9.18 Å². The third kappa shape index (κ3) is 5.16. The number of benzene rings is 1. The first kappa shape index (κ1) is 19.2. The third-order valence-corrected chi connectivity index (χ3v) is 4.83. The number of carbonyl (C=O) groups is 1. The van der Waals surface area contributed by atoms with Crippen molar-refractivity contribution in [2.75, 3.05) is 13.1 Å². The molecular formula is C18H27ClFN3O. The van der Waals surface area contributed by atoms with Crippen molar-refractivity contribution in [2.45, 2.75) is 52.2 Å². The predicted molar refractivity (Wildman–Crippen MR) is 95.3 cm³/mol.